The predicted molar refractivity (Wildman–Crippen MR) is 78.6 cm³/mol. The molecular weight excluding hydrogens is 286 g/mol. The highest BCUT2D eigenvalue weighted by molar-refractivity contribution is 5.94. The molecule has 1 aromatic carbocycles. The molecule has 22 heavy (non-hydrogen) atoms. The van der Waals surface area contributed by atoms with Crippen LogP contribution in [-0.2, 0) is 16.1 Å². The quantitative estimate of drug-likeness (QED) is 0.827. The zero-order valence-electron chi connectivity index (χ0n) is 12.4. The number of benzene rings is 1. The number of methoxy groups -OCH3 is 1. The Kier molecular flexibility index (Phi) is 5.19. The first-order chi connectivity index (χ1) is 10.6. The van der Waals surface area contributed by atoms with E-state index in [1.807, 2.05) is 13.0 Å². The summed E-state index contributed by atoms with van der Waals surface area (Å²) < 4.78 is 15.2. The van der Waals surface area contributed by atoms with E-state index in [1.165, 1.54) is 13.4 Å². The first kappa shape index (κ1) is 15.6. The van der Waals surface area contributed by atoms with Gasteiger partial charge in [0.2, 0.25) is 0 Å². The fourth-order valence-electron chi connectivity index (χ4n) is 1.84. The fourth-order valence-corrected chi connectivity index (χ4v) is 1.84. The highest BCUT2D eigenvalue weighted by Gasteiger charge is 2.15. The van der Waals surface area contributed by atoms with Crippen molar-refractivity contribution in [3.05, 3.63) is 53.5 Å². The van der Waals surface area contributed by atoms with Crippen LogP contribution in [0.4, 0.5) is 0 Å². The average Bonchev–Trinajstić information content (AvgIpc) is 3.04. The van der Waals surface area contributed by atoms with Crippen molar-refractivity contribution in [2.75, 3.05) is 13.7 Å². The Hall–Kier alpha value is -2.76. The van der Waals surface area contributed by atoms with Gasteiger partial charge in [-0.3, -0.25) is 4.79 Å². The number of rotatable bonds is 6. The number of nitrogens with one attached hydrogen (secondary N) is 1. The number of aryl methyl sites for hydroxylation is 1. The summed E-state index contributed by atoms with van der Waals surface area (Å²) >= 11 is 0. The molecule has 1 N–H and O–H groups in total. The van der Waals surface area contributed by atoms with Gasteiger partial charge in [0.05, 0.1) is 19.9 Å². The van der Waals surface area contributed by atoms with Gasteiger partial charge in [-0.05, 0) is 31.2 Å². The molecule has 6 nitrogen and oxygen atoms in total. The van der Waals surface area contributed by atoms with E-state index in [0.29, 0.717) is 17.1 Å². The molecule has 1 amide bonds. The third-order valence-corrected chi connectivity index (χ3v) is 2.95. The summed E-state index contributed by atoms with van der Waals surface area (Å²) in [5.41, 5.74) is 1.19. The molecule has 0 saturated heterocycles. The summed E-state index contributed by atoms with van der Waals surface area (Å²) in [7, 11) is 1.47. The Balaban J connectivity index is 1.87. The van der Waals surface area contributed by atoms with Gasteiger partial charge in [-0.15, -0.1) is 0 Å². The highest BCUT2D eigenvalue weighted by atomic mass is 16.5. The van der Waals surface area contributed by atoms with Crippen molar-refractivity contribution in [2.45, 2.75) is 13.5 Å². The normalized spacial score (nSPS) is 10.1. The number of hydrogen-bond donors (Lipinski definition) is 1. The third kappa shape index (κ3) is 4.12. The minimum absolute atomic E-state index is 0.247. The highest BCUT2D eigenvalue weighted by Crippen LogP contribution is 2.20. The van der Waals surface area contributed by atoms with Crippen LogP contribution in [0.15, 0.2) is 41.0 Å². The molecular formula is C16H17NO5. The van der Waals surface area contributed by atoms with E-state index in [4.69, 9.17) is 13.9 Å². The number of ether oxygens (including phenoxy) is 2. The molecule has 0 bridgehead atoms. The van der Waals surface area contributed by atoms with Gasteiger partial charge in [0, 0.05) is 0 Å². The van der Waals surface area contributed by atoms with Crippen LogP contribution in [0, 0.1) is 6.92 Å². The van der Waals surface area contributed by atoms with Crippen LogP contribution in [-0.4, -0.2) is 25.6 Å². The van der Waals surface area contributed by atoms with Crippen LogP contribution in [0.5, 0.6) is 5.75 Å². The van der Waals surface area contributed by atoms with Gasteiger partial charge in [0.25, 0.3) is 5.91 Å². The van der Waals surface area contributed by atoms with Crippen molar-refractivity contribution in [1.29, 1.82) is 0 Å². The van der Waals surface area contributed by atoms with E-state index in [1.54, 1.807) is 24.3 Å². The Morgan fingerprint density at radius 3 is 2.77 bits per heavy atom. The summed E-state index contributed by atoms with van der Waals surface area (Å²) in [6.07, 6.45) is 1.52. The molecule has 0 aliphatic carbocycles. The van der Waals surface area contributed by atoms with E-state index >= 15 is 0 Å². The maximum absolute atomic E-state index is 12.0. The maximum atomic E-state index is 12.0. The van der Waals surface area contributed by atoms with Gasteiger partial charge in [0.1, 0.15) is 17.1 Å². The Bertz CT molecular complexity index is 649. The monoisotopic (exact) mass is 303 g/mol. The topological polar surface area (TPSA) is 77.8 Å². The summed E-state index contributed by atoms with van der Waals surface area (Å²) in [5.74, 6) is 0.0247. The van der Waals surface area contributed by atoms with E-state index in [0.717, 1.165) is 5.56 Å². The lowest BCUT2D eigenvalue weighted by atomic mass is 10.1. The lowest BCUT2D eigenvalue weighted by Gasteiger charge is -2.09. The van der Waals surface area contributed by atoms with Crippen molar-refractivity contribution in [1.82, 2.24) is 5.32 Å². The molecule has 0 aliphatic heterocycles. The second kappa shape index (κ2) is 7.31. The van der Waals surface area contributed by atoms with E-state index in [9.17, 15) is 9.59 Å². The second-order valence-electron chi connectivity index (χ2n) is 4.64. The SMILES string of the molecule is COc1ccc(C)cc1C(=O)OCC(=O)NCc1ccco1. The fraction of sp³-hybridized carbons (Fsp3) is 0.250. The minimum Gasteiger partial charge on any atom is -0.496 e. The second-order valence-corrected chi connectivity index (χ2v) is 4.64. The number of esters is 1. The summed E-state index contributed by atoms with van der Waals surface area (Å²) in [6, 6.07) is 8.63. The molecule has 0 aliphatic rings. The summed E-state index contributed by atoms with van der Waals surface area (Å²) in [6.45, 7) is 1.74. The molecule has 2 aromatic rings. The number of amides is 1. The smallest absolute Gasteiger partial charge is 0.342 e. The first-order valence-corrected chi connectivity index (χ1v) is 6.71. The first-order valence-electron chi connectivity index (χ1n) is 6.71. The predicted octanol–water partition coefficient (Wildman–Crippen LogP) is 2.07. The van der Waals surface area contributed by atoms with Crippen molar-refractivity contribution in [3.63, 3.8) is 0 Å². The largest absolute Gasteiger partial charge is 0.496 e. The van der Waals surface area contributed by atoms with Crippen LogP contribution in [0.2, 0.25) is 0 Å². The molecule has 0 fully saturated rings. The molecule has 0 radical (unpaired) electrons. The Morgan fingerprint density at radius 1 is 1.27 bits per heavy atom. The summed E-state index contributed by atoms with van der Waals surface area (Å²) in [4.78, 5) is 23.6. The summed E-state index contributed by atoms with van der Waals surface area (Å²) in [5, 5.41) is 2.59. The Morgan fingerprint density at radius 2 is 2.09 bits per heavy atom. The van der Waals surface area contributed by atoms with Gasteiger partial charge >= 0.3 is 5.97 Å². The van der Waals surface area contributed by atoms with Crippen molar-refractivity contribution in [3.8, 4) is 5.75 Å². The molecule has 2 rings (SSSR count). The zero-order chi connectivity index (χ0) is 15.9. The molecule has 1 aromatic heterocycles. The van der Waals surface area contributed by atoms with Crippen molar-refractivity contribution in [2.24, 2.45) is 0 Å². The van der Waals surface area contributed by atoms with E-state index in [-0.39, 0.29) is 13.2 Å². The third-order valence-electron chi connectivity index (χ3n) is 2.95. The van der Waals surface area contributed by atoms with Gasteiger partial charge in [-0.1, -0.05) is 11.6 Å². The van der Waals surface area contributed by atoms with E-state index in [2.05, 4.69) is 5.32 Å². The molecule has 0 spiro atoms. The lowest BCUT2D eigenvalue weighted by Crippen LogP contribution is -2.28. The van der Waals surface area contributed by atoms with Crippen LogP contribution < -0.4 is 10.1 Å². The van der Waals surface area contributed by atoms with Crippen molar-refractivity contribution < 1.29 is 23.5 Å². The van der Waals surface area contributed by atoms with Crippen LogP contribution in [0.3, 0.4) is 0 Å². The molecule has 0 atom stereocenters. The van der Waals surface area contributed by atoms with Gasteiger partial charge in [-0.25, -0.2) is 4.79 Å². The van der Waals surface area contributed by atoms with Gasteiger partial charge in [-0.2, -0.15) is 0 Å². The Labute approximate surface area is 128 Å². The number of furan rings is 1. The molecule has 116 valence electrons. The van der Waals surface area contributed by atoms with Crippen LogP contribution in [0.25, 0.3) is 0 Å². The minimum atomic E-state index is -0.603. The van der Waals surface area contributed by atoms with Crippen LogP contribution in [0.1, 0.15) is 21.7 Å². The standard InChI is InChI=1S/C16H17NO5/c1-11-5-6-14(20-2)13(8-11)16(19)22-10-15(18)17-9-12-4-3-7-21-12/h3-8H,9-10H2,1-2H3,(H,17,18). The van der Waals surface area contributed by atoms with Gasteiger partial charge in [0.15, 0.2) is 6.61 Å². The lowest BCUT2D eigenvalue weighted by molar-refractivity contribution is -0.124. The zero-order valence-corrected chi connectivity index (χ0v) is 12.4. The average molecular weight is 303 g/mol. The van der Waals surface area contributed by atoms with Gasteiger partial charge < -0.3 is 19.2 Å². The molecule has 0 unspecified atom stereocenters. The molecule has 6 heteroatoms. The number of carbonyl (C=O) groups excluding carboxylic acids is 2. The van der Waals surface area contributed by atoms with Crippen LogP contribution >= 0.6 is 0 Å². The van der Waals surface area contributed by atoms with E-state index < -0.39 is 11.9 Å². The molecule has 0 saturated carbocycles. The molecule has 1 heterocycles. The number of hydrogen-bond acceptors (Lipinski definition) is 5. The van der Waals surface area contributed by atoms with Crippen molar-refractivity contribution >= 4 is 11.9 Å². The maximum Gasteiger partial charge on any atom is 0.342 e. The number of carbonyl (C=O) groups is 2.